The van der Waals surface area contributed by atoms with Crippen molar-refractivity contribution in [3.63, 3.8) is 0 Å². The molecule has 0 saturated carbocycles. The zero-order valence-electron chi connectivity index (χ0n) is 13.9. The van der Waals surface area contributed by atoms with Crippen LogP contribution in [0.3, 0.4) is 0 Å². The first-order valence-electron chi connectivity index (χ1n) is 8.29. The zero-order chi connectivity index (χ0) is 18.5. The van der Waals surface area contributed by atoms with Crippen LogP contribution in [0.5, 0.6) is 5.75 Å². The van der Waals surface area contributed by atoms with Gasteiger partial charge in [-0.05, 0) is 37.1 Å². The molecule has 0 fully saturated rings. The van der Waals surface area contributed by atoms with E-state index >= 15 is 0 Å². The number of fused-ring (bicyclic) bond motifs is 1. The van der Waals surface area contributed by atoms with Gasteiger partial charge < -0.3 is 9.47 Å². The molecule has 1 unspecified atom stereocenters. The fraction of sp³-hybridized carbons (Fsp3) is 0.368. The Hall–Kier alpha value is -1.73. The molecule has 1 aliphatic heterocycles. The maximum atomic E-state index is 13.8. The molecule has 0 aromatic heterocycles. The summed E-state index contributed by atoms with van der Waals surface area (Å²) in [5.41, 5.74) is 0.258. The van der Waals surface area contributed by atoms with Crippen LogP contribution in [-0.2, 0) is 11.2 Å². The van der Waals surface area contributed by atoms with E-state index in [9.17, 15) is 17.6 Å². The first kappa shape index (κ1) is 19.0. The Balaban J connectivity index is 1.37. The van der Waals surface area contributed by atoms with E-state index < -0.39 is 23.3 Å². The van der Waals surface area contributed by atoms with Gasteiger partial charge in [0.2, 0.25) is 0 Å². The lowest BCUT2D eigenvalue weighted by molar-refractivity contribution is 0.0699. The molecule has 2 aromatic rings. The smallest absolute Gasteiger partial charge is 0.165 e. The minimum atomic E-state index is -0.593. The van der Waals surface area contributed by atoms with E-state index in [-0.39, 0.29) is 23.8 Å². The van der Waals surface area contributed by atoms with Gasteiger partial charge in [0.1, 0.15) is 17.5 Å². The second-order valence-electron chi connectivity index (χ2n) is 6.10. The molecule has 0 bridgehead atoms. The van der Waals surface area contributed by atoms with E-state index in [2.05, 4.69) is 0 Å². The summed E-state index contributed by atoms with van der Waals surface area (Å²) in [4.78, 5) is 0.539. The standard InChI is InChI=1S/C19H18F4O2S/c20-13-7-14(21)9-15(8-13)26-5-1-4-24-10-12-6-16-17(22)2-3-18(23)19(16)25-11-12/h2-3,7-9,12H,1,4-6,10-11H2. The van der Waals surface area contributed by atoms with Crippen LogP contribution < -0.4 is 4.74 Å². The third kappa shape index (κ3) is 4.92. The van der Waals surface area contributed by atoms with E-state index in [0.29, 0.717) is 36.7 Å². The van der Waals surface area contributed by atoms with Crippen LogP contribution in [0.1, 0.15) is 12.0 Å². The van der Waals surface area contributed by atoms with Crippen LogP contribution in [0.2, 0.25) is 0 Å². The van der Waals surface area contributed by atoms with Crippen LogP contribution in [0, 0.1) is 29.2 Å². The predicted molar refractivity (Wildman–Crippen MR) is 91.6 cm³/mol. The van der Waals surface area contributed by atoms with Crippen molar-refractivity contribution in [3.05, 3.63) is 59.2 Å². The lowest BCUT2D eigenvalue weighted by Gasteiger charge is -2.25. The van der Waals surface area contributed by atoms with Crippen molar-refractivity contribution < 1.29 is 27.0 Å². The monoisotopic (exact) mass is 386 g/mol. The Labute approximate surface area is 153 Å². The number of halogens is 4. The molecular formula is C19H18F4O2S. The molecule has 0 radical (unpaired) electrons. The number of benzene rings is 2. The van der Waals surface area contributed by atoms with Gasteiger partial charge in [0.05, 0.1) is 13.2 Å². The Morgan fingerprint density at radius 3 is 2.54 bits per heavy atom. The molecule has 0 saturated heterocycles. The fourth-order valence-corrected chi connectivity index (χ4v) is 3.68. The molecule has 1 heterocycles. The van der Waals surface area contributed by atoms with Crippen LogP contribution in [0.4, 0.5) is 17.6 Å². The third-order valence-corrected chi connectivity index (χ3v) is 5.06. The van der Waals surface area contributed by atoms with E-state index in [4.69, 9.17) is 9.47 Å². The van der Waals surface area contributed by atoms with Crippen LogP contribution in [0.15, 0.2) is 35.2 Å². The molecule has 0 spiro atoms. The first-order chi connectivity index (χ1) is 12.5. The van der Waals surface area contributed by atoms with E-state index in [1.54, 1.807) is 0 Å². The van der Waals surface area contributed by atoms with E-state index in [1.807, 2.05) is 0 Å². The van der Waals surface area contributed by atoms with E-state index in [0.717, 1.165) is 18.2 Å². The highest BCUT2D eigenvalue weighted by Gasteiger charge is 2.25. The molecule has 0 N–H and O–H groups in total. The van der Waals surface area contributed by atoms with E-state index in [1.165, 1.54) is 23.9 Å². The van der Waals surface area contributed by atoms with Gasteiger partial charge in [0.25, 0.3) is 0 Å². The minimum Gasteiger partial charge on any atom is -0.490 e. The summed E-state index contributed by atoms with van der Waals surface area (Å²) < 4.78 is 64.5. The average Bonchev–Trinajstić information content (AvgIpc) is 2.60. The molecule has 26 heavy (non-hydrogen) atoms. The molecular weight excluding hydrogens is 368 g/mol. The lowest BCUT2D eigenvalue weighted by atomic mass is 9.97. The Morgan fingerprint density at radius 2 is 1.77 bits per heavy atom. The van der Waals surface area contributed by atoms with Gasteiger partial charge in [0.15, 0.2) is 11.6 Å². The Kier molecular flexibility index (Phi) is 6.43. The number of hydrogen-bond acceptors (Lipinski definition) is 3. The Morgan fingerprint density at radius 1 is 1.04 bits per heavy atom. The van der Waals surface area contributed by atoms with Gasteiger partial charge in [-0.1, -0.05) is 0 Å². The zero-order valence-corrected chi connectivity index (χ0v) is 14.8. The van der Waals surface area contributed by atoms with Crippen molar-refractivity contribution in [1.82, 2.24) is 0 Å². The summed E-state index contributed by atoms with van der Waals surface area (Å²) >= 11 is 1.35. The number of ether oxygens (including phenoxy) is 2. The second-order valence-corrected chi connectivity index (χ2v) is 7.27. The highest BCUT2D eigenvalue weighted by Crippen LogP contribution is 2.32. The van der Waals surface area contributed by atoms with Gasteiger partial charge in [-0.15, -0.1) is 11.8 Å². The summed E-state index contributed by atoms with van der Waals surface area (Å²) in [6.07, 6.45) is 1.08. The molecule has 1 aliphatic rings. The van der Waals surface area contributed by atoms with Crippen LogP contribution in [0.25, 0.3) is 0 Å². The van der Waals surface area contributed by atoms with Gasteiger partial charge in [0, 0.05) is 34.8 Å². The molecule has 2 nitrogen and oxygen atoms in total. The number of hydrogen-bond donors (Lipinski definition) is 0. The largest absolute Gasteiger partial charge is 0.490 e. The Bertz CT molecular complexity index is 749. The fourth-order valence-electron chi connectivity index (χ4n) is 2.79. The molecule has 1 atom stereocenters. The quantitative estimate of drug-likeness (QED) is 0.379. The molecule has 140 valence electrons. The van der Waals surface area contributed by atoms with Crippen LogP contribution >= 0.6 is 11.8 Å². The lowest BCUT2D eigenvalue weighted by Crippen LogP contribution is -2.26. The van der Waals surface area contributed by atoms with Crippen molar-refractivity contribution in [1.29, 1.82) is 0 Å². The number of rotatable bonds is 7. The van der Waals surface area contributed by atoms with Crippen molar-refractivity contribution in [3.8, 4) is 5.75 Å². The first-order valence-corrected chi connectivity index (χ1v) is 9.28. The summed E-state index contributed by atoms with van der Waals surface area (Å²) in [6.45, 7) is 1.14. The van der Waals surface area contributed by atoms with Crippen molar-refractivity contribution in [2.24, 2.45) is 5.92 Å². The summed E-state index contributed by atoms with van der Waals surface area (Å²) in [5, 5.41) is 0. The maximum absolute atomic E-state index is 13.8. The normalized spacial score (nSPS) is 16.2. The summed E-state index contributed by atoms with van der Waals surface area (Å²) in [7, 11) is 0. The number of thioether (sulfide) groups is 1. The molecule has 3 rings (SSSR count). The summed E-state index contributed by atoms with van der Waals surface area (Å²) in [6, 6.07) is 5.59. The maximum Gasteiger partial charge on any atom is 0.165 e. The topological polar surface area (TPSA) is 18.5 Å². The second kappa shape index (κ2) is 8.77. The molecule has 0 aliphatic carbocycles. The van der Waals surface area contributed by atoms with Crippen molar-refractivity contribution in [2.75, 3.05) is 25.6 Å². The molecule has 2 aromatic carbocycles. The van der Waals surface area contributed by atoms with Gasteiger partial charge in [-0.2, -0.15) is 0 Å². The highest BCUT2D eigenvalue weighted by molar-refractivity contribution is 7.99. The van der Waals surface area contributed by atoms with Crippen molar-refractivity contribution in [2.45, 2.75) is 17.7 Å². The van der Waals surface area contributed by atoms with Crippen molar-refractivity contribution >= 4 is 11.8 Å². The minimum absolute atomic E-state index is 0.0000226. The van der Waals surface area contributed by atoms with Gasteiger partial charge in [-0.25, -0.2) is 17.6 Å². The van der Waals surface area contributed by atoms with Gasteiger partial charge >= 0.3 is 0 Å². The van der Waals surface area contributed by atoms with Gasteiger partial charge in [-0.3, -0.25) is 0 Å². The third-order valence-electron chi connectivity index (χ3n) is 4.00. The molecule has 7 heteroatoms. The SMILES string of the molecule is Fc1cc(F)cc(SCCCOCC2COc3c(F)ccc(F)c3C2)c1. The summed E-state index contributed by atoms with van der Waals surface area (Å²) in [5.74, 6) is -1.58. The highest BCUT2D eigenvalue weighted by atomic mass is 32.2. The molecule has 0 amide bonds. The van der Waals surface area contributed by atoms with Crippen LogP contribution in [-0.4, -0.2) is 25.6 Å². The average molecular weight is 386 g/mol. The predicted octanol–water partition coefficient (Wildman–Crippen LogP) is 4.99.